The highest BCUT2D eigenvalue weighted by Crippen LogP contribution is 2.10. The molecule has 2 N–H and O–H groups in total. The third-order valence-corrected chi connectivity index (χ3v) is 1.08. The summed E-state index contributed by atoms with van der Waals surface area (Å²) in [5.74, 6) is 0. The summed E-state index contributed by atoms with van der Waals surface area (Å²) in [5, 5.41) is 0. The zero-order valence-corrected chi connectivity index (χ0v) is 9.31. The molecule has 15 heavy (non-hydrogen) atoms. The maximum atomic E-state index is 10.4. The van der Waals surface area contributed by atoms with E-state index in [0.29, 0.717) is 6.54 Å². The van der Waals surface area contributed by atoms with Crippen LogP contribution in [0.5, 0.6) is 0 Å². The van der Waals surface area contributed by atoms with Crippen LogP contribution in [0.3, 0.4) is 0 Å². The maximum absolute atomic E-state index is 10.4. The van der Waals surface area contributed by atoms with Crippen LogP contribution in [0.2, 0.25) is 0 Å². The smallest absolute Gasteiger partial charge is 0.326 e. The van der Waals surface area contributed by atoms with Crippen LogP contribution in [-0.4, -0.2) is 6.18 Å². The van der Waals surface area contributed by atoms with Crippen LogP contribution in [0.25, 0.3) is 0 Å². The molecule has 1 nitrogen and oxygen atoms in total. The number of halogens is 3. The van der Waals surface area contributed by atoms with Gasteiger partial charge in [0.2, 0.25) is 0 Å². The lowest BCUT2D eigenvalue weighted by Crippen LogP contribution is -1.95. The Balaban J connectivity index is 0. The van der Waals surface area contributed by atoms with Gasteiger partial charge in [0.25, 0.3) is 0 Å². The average molecular weight is 221 g/mol. The molecule has 0 spiro atoms. The van der Waals surface area contributed by atoms with Gasteiger partial charge in [0.05, 0.1) is 0 Å². The van der Waals surface area contributed by atoms with Crippen molar-refractivity contribution in [1.82, 2.24) is 0 Å². The number of hydrogen-bond acceptors (Lipinski definition) is 1. The van der Waals surface area contributed by atoms with Crippen molar-refractivity contribution >= 4 is 0 Å². The van der Waals surface area contributed by atoms with E-state index in [0.717, 1.165) is 0 Å². The van der Waals surface area contributed by atoms with E-state index in [4.69, 9.17) is 5.73 Å². The topological polar surface area (TPSA) is 26.0 Å². The Kier molecular flexibility index (Phi) is 10.4. The van der Waals surface area contributed by atoms with Crippen molar-refractivity contribution in [2.75, 3.05) is 0 Å². The van der Waals surface area contributed by atoms with Crippen LogP contribution in [0.4, 0.5) is 13.2 Å². The Labute approximate surface area is 89.1 Å². The Morgan fingerprint density at radius 2 is 1.40 bits per heavy atom. The highest BCUT2D eigenvalue weighted by molar-refractivity contribution is 5.13. The molecular formula is C11H18F3N. The van der Waals surface area contributed by atoms with Crippen molar-refractivity contribution in [3.63, 3.8) is 0 Å². The minimum absolute atomic E-state index is 0.188. The Morgan fingerprint density at radius 1 is 1.07 bits per heavy atom. The molecule has 88 valence electrons. The van der Waals surface area contributed by atoms with Crippen molar-refractivity contribution in [1.29, 1.82) is 0 Å². The van der Waals surface area contributed by atoms with Crippen LogP contribution in [-0.2, 0) is 6.54 Å². The highest BCUT2D eigenvalue weighted by Gasteiger charge is 2.15. The second-order valence-corrected chi connectivity index (χ2v) is 2.47. The summed E-state index contributed by atoms with van der Waals surface area (Å²) < 4.78 is 31.1. The van der Waals surface area contributed by atoms with Crippen molar-refractivity contribution in [3.8, 4) is 0 Å². The largest absolute Gasteiger partial charge is 0.386 e. The molecule has 1 rings (SSSR count). The number of nitrogens with two attached hydrogens (primary N) is 1. The van der Waals surface area contributed by atoms with Gasteiger partial charge in [0.1, 0.15) is 0 Å². The fourth-order valence-electron chi connectivity index (χ4n) is 0.614. The standard InChI is InChI=1S/C7H9N.C2H3F3.C2H6/c8-6-7-4-2-1-3-5-7;1-2(3,4)5;1-2/h1-5H,6,8H2;1H3;1-2H3. The zero-order chi connectivity index (χ0) is 12.3. The first-order valence-corrected chi connectivity index (χ1v) is 4.74. The molecule has 4 heteroatoms. The summed E-state index contributed by atoms with van der Waals surface area (Å²) >= 11 is 0. The Morgan fingerprint density at radius 3 is 1.60 bits per heavy atom. The van der Waals surface area contributed by atoms with Crippen molar-refractivity contribution in [2.45, 2.75) is 33.5 Å². The summed E-state index contributed by atoms with van der Waals surface area (Å²) in [6.45, 7) is 4.83. The predicted octanol–water partition coefficient (Wildman–Crippen LogP) is 3.74. The predicted molar refractivity (Wildman–Crippen MR) is 57.4 cm³/mol. The van der Waals surface area contributed by atoms with E-state index in [1.54, 1.807) is 0 Å². The molecule has 0 atom stereocenters. The normalized spacial score (nSPS) is 9.27. The summed E-state index contributed by atoms with van der Waals surface area (Å²) in [7, 11) is 0. The minimum atomic E-state index is -4.00. The van der Waals surface area contributed by atoms with Crippen molar-refractivity contribution < 1.29 is 13.2 Å². The van der Waals surface area contributed by atoms with Gasteiger partial charge in [-0.25, -0.2) is 0 Å². The highest BCUT2D eigenvalue weighted by atomic mass is 19.4. The second kappa shape index (κ2) is 9.52. The van der Waals surface area contributed by atoms with Crippen LogP contribution >= 0.6 is 0 Å². The van der Waals surface area contributed by atoms with E-state index in [2.05, 4.69) is 0 Å². The van der Waals surface area contributed by atoms with Gasteiger partial charge in [-0.1, -0.05) is 44.2 Å². The second-order valence-electron chi connectivity index (χ2n) is 2.47. The molecule has 0 amide bonds. The van der Waals surface area contributed by atoms with Crippen LogP contribution in [0.15, 0.2) is 30.3 Å². The summed E-state index contributed by atoms with van der Waals surface area (Å²) in [4.78, 5) is 0. The minimum Gasteiger partial charge on any atom is -0.326 e. The molecule has 0 radical (unpaired) electrons. The first-order valence-electron chi connectivity index (χ1n) is 4.74. The molecule has 0 aliphatic carbocycles. The van der Waals surface area contributed by atoms with Gasteiger partial charge in [0, 0.05) is 13.5 Å². The average Bonchev–Trinajstić information content (AvgIpc) is 2.20. The number of hydrogen-bond donors (Lipinski definition) is 1. The van der Waals surface area contributed by atoms with E-state index >= 15 is 0 Å². The quantitative estimate of drug-likeness (QED) is 0.768. The lowest BCUT2D eigenvalue weighted by atomic mass is 10.2. The molecule has 1 aromatic carbocycles. The monoisotopic (exact) mass is 221 g/mol. The Hall–Kier alpha value is -1.03. The molecule has 0 aromatic heterocycles. The molecule has 0 saturated carbocycles. The molecule has 0 bridgehead atoms. The molecule has 0 unspecified atom stereocenters. The summed E-state index contributed by atoms with van der Waals surface area (Å²) in [5.41, 5.74) is 6.54. The van der Waals surface area contributed by atoms with Crippen LogP contribution in [0, 0.1) is 0 Å². The van der Waals surface area contributed by atoms with E-state index < -0.39 is 6.18 Å². The SMILES string of the molecule is CC.CC(F)(F)F.NCc1ccccc1. The molecule has 1 aromatic rings. The van der Waals surface area contributed by atoms with E-state index in [1.165, 1.54) is 5.56 Å². The number of alkyl halides is 3. The number of benzene rings is 1. The molecule has 0 saturated heterocycles. The van der Waals surface area contributed by atoms with Gasteiger partial charge in [-0.3, -0.25) is 0 Å². The van der Waals surface area contributed by atoms with Gasteiger partial charge in [-0.15, -0.1) is 0 Å². The molecule has 0 aliphatic heterocycles. The van der Waals surface area contributed by atoms with Crippen molar-refractivity contribution in [3.05, 3.63) is 35.9 Å². The molecular weight excluding hydrogens is 203 g/mol. The fourth-order valence-corrected chi connectivity index (χ4v) is 0.614. The van der Waals surface area contributed by atoms with E-state index in [1.807, 2.05) is 44.2 Å². The van der Waals surface area contributed by atoms with Gasteiger partial charge < -0.3 is 5.73 Å². The first-order chi connectivity index (χ1) is 6.93. The van der Waals surface area contributed by atoms with Gasteiger partial charge >= 0.3 is 6.18 Å². The lowest BCUT2D eigenvalue weighted by Gasteiger charge is -1.90. The van der Waals surface area contributed by atoms with E-state index in [9.17, 15) is 13.2 Å². The maximum Gasteiger partial charge on any atom is 0.386 e. The van der Waals surface area contributed by atoms with Crippen LogP contribution < -0.4 is 5.73 Å². The van der Waals surface area contributed by atoms with Gasteiger partial charge in [0.15, 0.2) is 0 Å². The summed E-state index contributed by atoms with van der Waals surface area (Å²) in [6, 6.07) is 9.99. The first kappa shape index (κ1) is 16.4. The molecule has 0 fully saturated rings. The fraction of sp³-hybridized carbons (Fsp3) is 0.455. The Bertz CT molecular complexity index is 213. The third-order valence-electron chi connectivity index (χ3n) is 1.08. The lowest BCUT2D eigenvalue weighted by molar-refractivity contribution is -0.110. The van der Waals surface area contributed by atoms with Crippen molar-refractivity contribution in [2.24, 2.45) is 5.73 Å². The van der Waals surface area contributed by atoms with Gasteiger partial charge in [-0.2, -0.15) is 13.2 Å². The molecule has 0 aliphatic rings. The van der Waals surface area contributed by atoms with Gasteiger partial charge in [-0.05, 0) is 5.56 Å². The molecule has 0 heterocycles. The third kappa shape index (κ3) is 19.4. The van der Waals surface area contributed by atoms with Crippen LogP contribution in [0.1, 0.15) is 26.3 Å². The zero-order valence-electron chi connectivity index (χ0n) is 9.31. The van der Waals surface area contributed by atoms with E-state index in [-0.39, 0.29) is 6.92 Å². The summed E-state index contributed by atoms with van der Waals surface area (Å²) in [6.07, 6.45) is -4.00. The number of rotatable bonds is 1.